The fraction of sp³-hybridized carbons (Fsp3) is 0.545. The third-order valence-corrected chi connectivity index (χ3v) is 3.02. The standard InChI is InChI=1S/C11H17N5O2.ClH/c1-6-7-12-9-8(16(7)13(2)3)10(17)15(5)11(18)14(9)4;/h6H2,1-5H3;1H. The number of hydrogen-bond acceptors (Lipinski definition) is 4. The van der Waals surface area contributed by atoms with Gasteiger partial charge in [-0.1, -0.05) is 6.92 Å². The molecule has 0 aliphatic carbocycles. The van der Waals surface area contributed by atoms with Crippen LogP contribution in [0.3, 0.4) is 0 Å². The molecule has 0 bridgehead atoms. The van der Waals surface area contributed by atoms with Gasteiger partial charge in [0, 0.05) is 34.6 Å². The summed E-state index contributed by atoms with van der Waals surface area (Å²) < 4.78 is 4.25. The van der Waals surface area contributed by atoms with E-state index >= 15 is 0 Å². The molecule has 0 amide bonds. The number of fused-ring (bicyclic) bond motifs is 1. The maximum atomic E-state index is 12.2. The summed E-state index contributed by atoms with van der Waals surface area (Å²) in [6.07, 6.45) is 0.685. The van der Waals surface area contributed by atoms with Crippen molar-refractivity contribution in [2.75, 3.05) is 19.1 Å². The highest BCUT2D eigenvalue weighted by atomic mass is 35.5. The van der Waals surface area contributed by atoms with Gasteiger partial charge in [0.25, 0.3) is 5.56 Å². The molecule has 0 spiro atoms. The number of halogens is 1. The Kier molecular flexibility index (Phi) is 4.09. The van der Waals surface area contributed by atoms with Gasteiger partial charge >= 0.3 is 5.69 Å². The van der Waals surface area contributed by atoms with Crippen molar-refractivity contribution in [3.8, 4) is 0 Å². The zero-order chi connectivity index (χ0) is 13.6. The number of aromatic nitrogens is 4. The lowest BCUT2D eigenvalue weighted by Crippen LogP contribution is -2.39. The van der Waals surface area contributed by atoms with Crippen molar-refractivity contribution in [3.05, 3.63) is 26.7 Å². The number of imidazole rings is 1. The Bertz CT molecular complexity index is 725. The first kappa shape index (κ1) is 15.3. The second kappa shape index (κ2) is 5.08. The zero-order valence-corrected chi connectivity index (χ0v) is 12.5. The molecule has 0 saturated carbocycles. The summed E-state index contributed by atoms with van der Waals surface area (Å²) in [7, 11) is 6.77. The summed E-state index contributed by atoms with van der Waals surface area (Å²) in [6.45, 7) is 1.96. The molecular formula is C11H18ClN5O2. The third kappa shape index (κ3) is 2.03. The molecule has 0 N–H and O–H groups in total. The molecule has 0 radical (unpaired) electrons. The molecule has 8 heteroatoms. The quantitative estimate of drug-likeness (QED) is 0.755. The molecule has 2 aromatic rings. The fourth-order valence-electron chi connectivity index (χ4n) is 2.09. The van der Waals surface area contributed by atoms with Gasteiger partial charge in [-0.05, 0) is 0 Å². The van der Waals surface area contributed by atoms with Crippen molar-refractivity contribution in [2.24, 2.45) is 14.1 Å². The van der Waals surface area contributed by atoms with Crippen LogP contribution in [0.25, 0.3) is 11.2 Å². The normalized spacial score (nSPS) is 10.6. The van der Waals surface area contributed by atoms with Crippen LogP contribution in [0.5, 0.6) is 0 Å². The van der Waals surface area contributed by atoms with Crippen LogP contribution < -0.4 is 16.3 Å². The van der Waals surface area contributed by atoms with Crippen molar-refractivity contribution in [1.29, 1.82) is 0 Å². The van der Waals surface area contributed by atoms with Gasteiger partial charge in [0.2, 0.25) is 0 Å². The van der Waals surface area contributed by atoms with Gasteiger partial charge < -0.3 is 5.01 Å². The average Bonchev–Trinajstić information content (AvgIpc) is 2.73. The van der Waals surface area contributed by atoms with Crippen molar-refractivity contribution in [3.63, 3.8) is 0 Å². The lowest BCUT2D eigenvalue weighted by molar-refractivity contribution is 0.682. The minimum Gasteiger partial charge on any atom is -0.317 e. The summed E-state index contributed by atoms with van der Waals surface area (Å²) in [5, 5.41) is 1.79. The zero-order valence-electron chi connectivity index (χ0n) is 11.7. The van der Waals surface area contributed by atoms with E-state index in [1.165, 1.54) is 11.6 Å². The van der Waals surface area contributed by atoms with Crippen LogP contribution in [-0.2, 0) is 20.5 Å². The first-order chi connectivity index (χ1) is 8.40. The summed E-state index contributed by atoms with van der Waals surface area (Å²) in [5.74, 6) is 0.758. The van der Waals surface area contributed by atoms with Crippen LogP contribution in [0.15, 0.2) is 9.59 Å². The Hall–Kier alpha value is -1.76. The maximum Gasteiger partial charge on any atom is 0.332 e. The Morgan fingerprint density at radius 1 is 1.16 bits per heavy atom. The molecule has 106 valence electrons. The van der Waals surface area contributed by atoms with E-state index in [-0.39, 0.29) is 23.7 Å². The Balaban J connectivity index is 0.00000180. The van der Waals surface area contributed by atoms with Crippen molar-refractivity contribution in [2.45, 2.75) is 13.3 Å². The predicted molar refractivity (Wildman–Crippen MR) is 76.9 cm³/mol. The van der Waals surface area contributed by atoms with Gasteiger partial charge in [-0.2, -0.15) is 0 Å². The van der Waals surface area contributed by atoms with Crippen LogP contribution in [0.2, 0.25) is 0 Å². The van der Waals surface area contributed by atoms with E-state index in [4.69, 9.17) is 0 Å². The van der Waals surface area contributed by atoms with Crippen molar-refractivity contribution in [1.82, 2.24) is 18.8 Å². The lowest BCUT2D eigenvalue weighted by atomic mass is 10.5. The van der Waals surface area contributed by atoms with Crippen LogP contribution in [0.1, 0.15) is 12.7 Å². The molecule has 2 heterocycles. The minimum absolute atomic E-state index is 0. The molecule has 0 aliphatic rings. The van der Waals surface area contributed by atoms with Gasteiger partial charge in [0.1, 0.15) is 5.82 Å². The highest BCUT2D eigenvalue weighted by Crippen LogP contribution is 2.10. The predicted octanol–water partition coefficient (Wildman–Crippen LogP) is -0.385. The summed E-state index contributed by atoms with van der Waals surface area (Å²) in [6, 6.07) is 0. The van der Waals surface area contributed by atoms with Gasteiger partial charge in [0.15, 0.2) is 11.2 Å². The highest BCUT2D eigenvalue weighted by molar-refractivity contribution is 5.85. The van der Waals surface area contributed by atoms with E-state index in [0.29, 0.717) is 17.6 Å². The van der Waals surface area contributed by atoms with Gasteiger partial charge in [-0.3, -0.25) is 13.9 Å². The molecule has 19 heavy (non-hydrogen) atoms. The molecule has 0 saturated heterocycles. The maximum absolute atomic E-state index is 12.2. The van der Waals surface area contributed by atoms with Gasteiger partial charge in [0.05, 0.1) is 0 Å². The second-order valence-corrected chi connectivity index (χ2v) is 4.42. The van der Waals surface area contributed by atoms with Crippen LogP contribution >= 0.6 is 12.4 Å². The average molecular weight is 288 g/mol. The van der Waals surface area contributed by atoms with E-state index in [1.807, 2.05) is 21.0 Å². The number of hydrogen-bond donors (Lipinski definition) is 0. The van der Waals surface area contributed by atoms with Crippen molar-refractivity contribution < 1.29 is 0 Å². The Morgan fingerprint density at radius 2 is 1.74 bits per heavy atom. The first-order valence-electron chi connectivity index (χ1n) is 5.75. The summed E-state index contributed by atoms with van der Waals surface area (Å²) in [5.41, 5.74) is 0.169. The monoisotopic (exact) mass is 287 g/mol. The molecule has 7 nitrogen and oxygen atoms in total. The fourth-order valence-corrected chi connectivity index (χ4v) is 2.09. The molecule has 2 rings (SSSR count). The molecule has 0 aromatic carbocycles. The Labute approximate surface area is 116 Å². The molecule has 0 atom stereocenters. The SMILES string of the molecule is CCc1nc2c(c(=O)n(C)c(=O)n2C)n1N(C)C.Cl. The smallest absolute Gasteiger partial charge is 0.317 e. The molecule has 0 fully saturated rings. The summed E-state index contributed by atoms with van der Waals surface area (Å²) >= 11 is 0. The van der Waals surface area contributed by atoms with E-state index < -0.39 is 0 Å². The molecular weight excluding hydrogens is 270 g/mol. The summed E-state index contributed by atoms with van der Waals surface area (Å²) in [4.78, 5) is 28.4. The molecule has 0 unspecified atom stereocenters. The number of nitrogens with zero attached hydrogens (tertiary/aromatic N) is 5. The largest absolute Gasteiger partial charge is 0.332 e. The van der Waals surface area contributed by atoms with Crippen LogP contribution in [0, 0.1) is 0 Å². The third-order valence-electron chi connectivity index (χ3n) is 3.02. The Morgan fingerprint density at radius 3 is 2.21 bits per heavy atom. The van der Waals surface area contributed by atoms with E-state index in [1.54, 1.807) is 16.7 Å². The number of aryl methyl sites for hydroxylation is 2. The molecule has 2 aromatic heterocycles. The highest BCUT2D eigenvalue weighted by Gasteiger charge is 2.18. The first-order valence-corrected chi connectivity index (χ1v) is 5.75. The van der Waals surface area contributed by atoms with E-state index in [2.05, 4.69) is 4.98 Å². The van der Waals surface area contributed by atoms with Crippen LogP contribution in [-0.4, -0.2) is 32.9 Å². The van der Waals surface area contributed by atoms with Gasteiger partial charge in [-0.25, -0.2) is 14.5 Å². The van der Waals surface area contributed by atoms with E-state index in [0.717, 1.165) is 10.4 Å². The van der Waals surface area contributed by atoms with Crippen molar-refractivity contribution >= 4 is 23.6 Å². The molecule has 0 aliphatic heterocycles. The number of rotatable bonds is 2. The van der Waals surface area contributed by atoms with E-state index in [9.17, 15) is 9.59 Å². The van der Waals surface area contributed by atoms with Gasteiger partial charge in [-0.15, -0.1) is 12.4 Å². The minimum atomic E-state index is -0.362. The second-order valence-electron chi connectivity index (χ2n) is 4.42. The van der Waals surface area contributed by atoms with Crippen LogP contribution in [0.4, 0.5) is 0 Å². The topological polar surface area (TPSA) is 65.1 Å². The lowest BCUT2D eigenvalue weighted by Gasteiger charge is -2.17.